The number of ketones is 1. The first kappa shape index (κ1) is 12.0. The van der Waals surface area contributed by atoms with Crippen molar-refractivity contribution in [1.82, 2.24) is 0 Å². The summed E-state index contributed by atoms with van der Waals surface area (Å²) in [4.78, 5) is 12.3. The number of hydrogen-bond donors (Lipinski definition) is 0. The lowest BCUT2D eigenvalue weighted by Gasteiger charge is -2.39. The van der Waals surface area contributed by atoms with Crippen LogP contribution in [0, 0.1) is 5.92 Å². The number of carbonyl (C=O) groups is 1. The molecule has 1 spiro atoms. The minimum Gasteiger partial charge on any atom is -0.486 e. The van der Waals surface area contributed by atoms with Crippen LogP contribution >= 0.6 is 11.6 Å². The second-order valence-electron chi connectivity index (χ2n) is 5.40. The standard InChI is InChI=1S/C15H17ClO2/c1-2-10-4-3-7-15(10)9-13(17)12-8-11(16)5-6-14(12)18-15/h5-6,8,10H,2-4,7,9H2,1H3. The minimum absolute atomic E-state index is 0.180. The van der Waals surface area contributed by atoms with E-state index in [4.69, 9.17) is 16.3 Å². The summed E-state index contributed by atoms with van der Waals surface area (Å²) in [5.74, 6) is 1.40. The second-order valence-corrected chi connectivity index (χ2v) is 5.84. The predicted octanol–water partition coefficient (Wildman–Crippen LogP) is 4.25. The van der Waals surface area contributed by atoms with E-state index in [-0.39, 0.29) is 11.4 Å². The Morgan fingerprint density at radius 2 is 2.33 bits per heavy atom. The number of halogens is 1. The van der Waals surface area contributed by atoms with Crippen LogP contribution in [0.5, 0.6) is 5.75 Å². The van der Waals surface area contributed by atoms with Gasteiger partial charge in [0.05, 0.1) is 12.0 Å². The SMILES string of the molecule is CCC1CCCC12CC(=O)c1cc(Cl)ccc1O2. The zero-order valence-electron chi connectivity index (χ0n) is 10.5. The smallest absolute Gasteiger partial charge is 0.170 e. The van der Waals surface area contributed by atoms with Gasteiger partial charge in [0.1, 0.15) is 11.4 Å². The highest BCUT2D eigenvalue weighted by molar-refractivity contribution is 6.31. The molecule has 0 N–H and O–H groups in total. The van der Waals surface area contributed by atoms with Crippen molar-refractivity contribution in [2.24, 2.45) is 5.92 Å². The third kappa shape index (κ3) is 1.74. The van der Waals surface area contributed by atoms with E-state index in [1.807, 2.05) is 6.07 Å². The predicted molar refractivity (Wildman–Crippen MR) is 71.4 cm³/mol. The molecule has 1 aromatic rings. The van der Waals surface area contributed by atoms with Crippen LogP contribution in [0.3, 0.4) is 0 Å². The summed E-state index contributed by atoms with van der Waals surface area (Å²) in [6.07, 6.45) is 4.93. The topological polar surface area (TPSA) is 26.3 Å². The van der Waals surface area contributed by atoms with Crippen molar-refractivity contribution in [2.75, 3.05) is 0 Å². The summed E-state index contributed by atoms with van der Waals surface area (Å²) in [5, 5.41) is 0.597. The van der Waals surface area contributed by atoms with E-state index < -0.39 is 0 Å². The van der Waals surface area contributed by atoms with Crippen LogP contribution in [0.2, 0.25) is 5.02 Å². The van der Waals surface area contributed by atoms with Crippen molar-refractivity contribution in [3.05, 3.63) is 28.8 Å². The van der Waals surface area contributed by atoms with Crippen LogP contribution in [0.25, 0.3) is 0 Å². The summed E-state index contributed by atoms with van der Waals surface area (Å²) in [7, 11) is 0. The Labute approximate surface area is 112 Å². The van der Waals surface area contributed by atoms with Crippen molar-refractivity contribution in [1.29, 1.82) is 0 Å². The molecule has 3 heteroatoms. The van der Waals surface area contributed by atoms with Gasteiger partial charge in [-0.3, -0.25) is 4.79 Å². The third-order valence-electron chi connectivity index (χ3n) is 4.40. The molecule has 0 radical (unpaired) electrons. The molecule has 0 amide bonds. The number of Topliss-reactive ketones (excluding diaryl/α,β-unsaturated/α-hetero) is 1. The largest absolute Gasteiger partial charge is 0.486 e. The van der Waals surface area contributed by atoms with Crippen LogP contribution in [0.1, 0.15) is 49.4 Å². The Balaban J connectivity index is 2.01. The highest BCUT2D eigenvalue weighted by Gasteiger charge is 2.48. The average Bonchev–Trinajstić information content (AvgIpc) is 2.72. The van der Waals surface area contributed by atoms with Crippen molar-refractivity contribution in [3.63, 3.8) is 0 Å². The van der Waals surface area contributed by atoms with E-state index in [9.17, 15) is 4.79 Å². The molecule has 2 unspecified atom stereocenters. The number of ether oxygens (including phenoxy) is 1. The second kappa shape index (κ2) is 4.27. The maximum atomic E-state index is 12.3. The molecule has 0 saturated heterocycles. The first-order valence-corrected chi connectivity index (χ1v) is 7.04. The minimum atomic E-state index is -0.243. The van der Waals surface area contributed by atoms with Crippen LogP contribution in [-0.4, -0.2) is 11.4 Å². The Kier molecular flexibility index (Phi) is 2.86. The van der Waals surface area contributed by atoms with Gasteiger partial charge in [-0.15, -0.1) is 0 Å². The van der Waals surface area contributed by atoms with Crippen LogP contribution in [0.15, 0.2) is 18.2 Å². The lowest BCUT2D eigenvalue weighted by Crippen LogP contribution is -2.44. The van der Waals surface area contributed by atoms with Gasteiger partial charge < -0.3 is 4.74 Å². The molecule has 1 saturated carbocycles. The zero-order valence-corrected chi connectivity index (χ0v) is 11.3. The summed E-state index contributed by atoms with van der Waals surface area (Å²) in [5.41, 5.74) is 0.405. The fraction of sp³-hybridized carbons (Fsp3) is 0.533. The van der Waals surface area contributed by atoms with E-state index in [0.29, 0.717) is 22.9 Å². The Morgan fingerprint density at radius 3 is 3.11 bits per heavy atom. The lowest BCUT2D eigenvalue weighted by molar-refractivity contribution is 0.0113. The van der Waals surface area contributed by atoms with Gasteiger partial charge >= 0.3 is 0 Å². The number of rotatable bonds is 1. The van der Waals surface area contributed by atoms with Crippen molar-refractivity contribution >= 4 is 17.4 Å². The molecule has 3 rings (SSSR count). The normalized spacial score (nSPS) is 30.3. The van der Waals surface area contributed by atoms with Crippen molar-refractivity contribution < 1.29 is 9.53 Å². The maximum Gasteiger partial charge on any atom is 0.170 e. The molecule has 0 bridgehead atoms. The van der Waals surface area contributed by atoms with Gasteiger partial charge in [-0.05, 0) is 49.8 Å². The van der Waals surface area contributed by atoms with Crippen LogP contribution in [0.4, 0.5) is 0 Å². The molecule has 1 aromatic carbocycles. The highest BCUT2D eigenvalue weighted by Crippen LogP contribution is 2.47. The molecule has 96 valence electrons. The third-order valence-corrected chi connectivity index (χ3v) is 4.64. The van der Waals surface area contributed by atoms with Crippen molar-refractivity contribution in [2.45, 2.75) is 44.6 Å². The molecule has 2 atom stereocenters. The van der Waals surface area contributed by atoms with E-state index in [1.165, 1.54) is 6.42 Å². The molecule has 2 aliphatic rings. The van der Waals surface area contributed by atoms with Gasteiger partial charge in [-0.1, -0.05) is 18.5 Å². The average molecular weight is 265 g/mol. The van der Waals surface area contributed by atoms with Gasteiger partial charge in [0, 0.05) is 5.02 Å². The molecular weight excluding hydrogens is 248 g/mol. The van der Waals surface area contributed by atoms with Gasteiger partial charge in [0.2, 0.25) is 0 Å². The number of benzene rings is 1. The number of carbonyl (C=O) groups excluding carboxylic acids is 1. The van der Waals surface area contributed by atoms with Gasteiger partial charge in [-0.2, -0.15) is 0 Å². The van der Waals surface area contributed by atoms with Crippen LogP contribution < -0.4 is 4.74 Å². The molecule has 0 aromatic heterocycles. The molecule has 1 aliphatic heterocycles. The Bertz CT molecular complexity index is 497. The summed E-state index contributed by atoms with van der Waals surface area (Å²) in [6, 6.07) is 5.35. The van der Waals surface area contributed by atoms with Gasteiger partial charge in [-0.25, -0.2) is 0 Å². The molecule has 2 nitrogen and oxygen atoms in total. The quantitative estimate of drug-likeness (QED) is 0.758. The van der Waals surface area contributed by atoms with E-state index >= 15 is 0 Å². The fourth-order valence-electron chi connectivity index (χ4n) is 3.49. The van der Waals surface area contributed by atoms with Crippen LogP contribution in [-0.2, 0) is 0 Å². The number of fused-ring (bicyclic) bond motifs is 1. The summed E-state index contributed by atoms with van der Waals surface area (Å²) < 4.78 is 6.23. The Morgan fingerprint density at radius 1 is 1.50 bits per heavy atom. The highest BCUT2D eigenvalue weighted by atomic mass is 35.5. The summed E-state index contributed by atoms with van der Waals surface area (Å²) in [6.45, 7) is 2.18. The van der Waals surface area contributed by atoms with Crippen molar-refractivity contribution in [3.8, 4) is 5.75 Å². The summed E-state index contributed by atoms with van der Waals surface area (Å²) >= 11 is 5.94. The Hall–Kier alpha value is -1.02. The molecule has 1 heterocycles. The van der Waals surface area contributed by atoms with E-state index in [0.717, 1.165) is 25.0 Å². The molecule has 1 fully saturated rings. The molecular formula is C15H17ClO2. The fourth-order valence-corrected chi connectivity index (χ4v) is 3.66. The maximum absolute atomic E-state index is 12.3. The van der Waals surface area contributed by atoms with E-state index in [2.05, 4.69) is 6.92 Å². The monoisotopic (exact) mass is 264 g/mol. The molecule has 1 aliphatic carbocycles. The van der Waals surface area contributed by atoms with E-state index in [1.54, 1.807) is 12.1 Å². The molecule has 18 heavy (non-hydrogen) atoms. The van der Waals surface area contributed by atoms with Gasteiger partial charge in [0.25, 0.3) is 0 Å². The number of hydrogen-bond acceptors (Lipinski definition) is 2. The zero-order chi connectivity index (χ0) is 12.8. The lowest BCUT2D eigenvalue weighted by atomic mass is 9.81. The van der Waals surface area contributed by atoms with Gasteiger partial charge in [0.15, 0.2) is 5.78 Å². The first-order chi connectivity index (χ1) is 8.64. The first-order valence-electron chi connectivity index (χ1n) is 6.66.